The fraction of sp³-hybridized carbons (Fsp3) is 0.500. The zero-order chi connectivity index (χ0) is 15.8. The van der Waals surface area contributed by atoms with E-state index < -0.39 is 0 Å². The predicted molar refractivity (Wildman–Crippen MR) is 85.5 cm³/mol. The normalized spacial score (nSPS) is 18.4. The Hall–Kier alpha value is -1.65. The Kier molecular flexibility index (Phi) is 6.62. The number of hydrogen-bond donors (Lipinski definition) is 0. The van der Waals surface area contributed by atoms with Crippen LogP contribution in [0, 0.1) is 0 Å². The van der Waals surface area contributed by atoms with E-state index in [1.807, 2.05) is 12.1 Å². The monoisotopic (exact) mass is 304 g/mol. The van der Waals surface area contributed by atoms with Crippen LogP contribution in [0.3, 0.4) is 0 Å². The summed E-state index contributed by atoms with van der Waals surface area (Å²) >= 11 is 0. The molecule has 2 rings (SSSR count). The predicted octanol–water partition coefficient (Wildman–Crippen LogP) is 3.52. The second-order valence-electron chi connectivity index (χ2n) is 5.43. The minimum Gasteiger partial charge on any atom is -0.469 e. The van der Waals surface area contributed by atoms with E-state index in [-0.39, 0.29) is 18.2 Å². The maximum atomic E-state index is 11.0. The van der Waals surface area contributed by atoms with Crippen molar-refractivity contribution in [3.05, 3.63) is 41.5 Å². The maximum absolute atomic E-state index is 11.0. The average Bonchev–Trinajstić information content (AvgIpc) is 3.36. The molecule has 1 heterocycles. The minimum atomic E-state index is -0.155. The van der Waals surface area contributed by atoms with Gasteiger partial charge in [0.1, 0.15) is 6.10 Å². The molecule has 1 aliphatic rings. The number of allylic oxidation sites excluding steroid dienone is 1. The van der Waals surface area contributed by atoms with E-state index in [1.165, 1.54) is 12.7 Å². The molecule has 0 unspecified atom stereocenters. The largest absolute Gasteiger partial charge is 0.469 e. The van der Waals surface area contributed by atoms with Gasteiger partial charge in [0, 0.05) is 6.42 Å². The molecule has 0 aromatic heterocycles. The van der Waals surface area contributed by atoms with Crippen LogP contribution in [-0.4, -0.2) is 32.4 Å². The topological polar surface area (TPSA) is 48.1 Å². The number of methoxy groups -OCH3 is 1. The number of rotatable bonds is 9. The summed E-state index contributed by atoms with van der Waals surface area (Å²) in [6.07, 6.45) is 6.64. The Balaban J connectivity index is 1.85. The standard InChI is InChI=1S/C18H24O4/c1-14(21-12-16-13-22-16)17-10-7-6-9-15(17)8-4-3-5-11-18(19)20-2/h4,6-10,14,16H,3,5,11-13H2,1-2H3/b8-4+/t14-,16+/m1/s1. The summed E-state index contributed by atoms with van der Waals surface area (Å²) in [7, 11) is 1.42. The molecule has 0 radical (unpaired) electrons. The van der Waals surface area contributed by atoms with Gasteiger partial charge in [-0.15, -0.1) is 0 Å². The lowest BCUT2D eigenvalue weighted by Gasteiger charge is -2.15. The molecule has 1 saturated heterocycles. The molecule has 0 amide bonds. The van der Waals surface area contributed by atoms with Crippen molar-refractivity contribution in [1.82, 2.24) is 0 Å². The Morgan fingerprint density at radius 1 is 1.45 bits per heavy atom. The Labute approximate surface area is 132 Å². The average molecular weight is 304 g/mol. The first-order valence-corrected chi connectivity index (χ1v) is 7.76. The van der Waals surface area contributed by atoms with Crippen LogP contribution >= 0.6 is 0 Å². The van der Waals surface area contributed by atoms with Crippen LogP contribution < -0.4 is 0 Å². The maximum Gasteiger partial charge on any atom is 0.305 e. The Morgan fingerprint density at radius 2 is 2.23 bits per heavy atom. The first kappa shape index (κ1) is 16.7. The molecule has 4 heteroatoms. The van der Waals surface area contributed by atoms with Gasteiger partial charge in [-0.2, -0.15) is 0 Å². The number of hydrogen-bond acceptors (Lipinski definition) is 4. The van der Waals surface area contributed by atoms with Crippen LogP contribution in [0.4, 0.5) is 0 Å². The van der Waals surface area contributed by atoms with Crippen LogP contribution in [-0.2, 0) is 19.0 Å². The van der Waals surface area contributed by atoms with Crippen molar-refractivity contribution < 1.29 is 19.0 Å². The van der Waals surface area contributed by atoms with Crippen molar-refractivity contribution in [1.29, 1.82) is 0 Å². The molecule has 0 aliphatic carbocycles. The van der Waals surface area contributed by atoms with E-state index in [2.05, 4.69) is 35.9 Å². The van der Waals surface area contributed by atoms with Gasteiger partial charge in [-0.3, -0.25) is 4.79 Å². The molecule has 0 N–H and O–H groups in total. The lowest BCUT2D eigenvalue weighted by Crippen LogP contribution is -2.07. The van der Waals surface area contributed by atoms with Crippen LogP contribution in [0.1, 0.15) is 43.4 Å². The number of epoxide rings is 1. The van der Waals surface area contributed by atoms with Crippen molar-refractivity contribution in [2.45, 2.75) is 38.4 Å². The quantitative estimate of drug-likeness (QED) is 0.398. The van der Waals surface area contributed by atoms with Gasteiger partial charge in [0.15, 0.2) is 0 Å². The third-order valence-electron chi connectivity index (χ3n) is 3.65. The third-order valence-corrected chi connectivity index (χ3v) is 3.65. The third kappa shape index (κ3) is 5.62. The van der Waals surface area contributed by atoms with Gasteiger partial charge in [0.05, 0.1) is 26.4 Å². The summed E-state index contributed by atoms with van der Waals surface area (Å²) in [4.78, 5) is 11.0. The number of carbonyl (C=O) groups is 1. The van der Waals surface area contributed by atoms with Crippen molar-refractivity contribution in [3.8, 4) is 0 Å². The molecule has 1 aromatic carbocycles. The van der Waals surface area contributed by atoms with Crippen LogP contribution in [0.5, 0.6) is 0 Å². The van der Waals surface area contributed by atoms with Crippen LogP contribution in [0.25, 0.3) is 6.08 Å². The lowest BCUT2D eigenvalue weighted by molar-refractivity contribution is -0.140. The summed E-state index contributed by atoms with van der Waals surface area (Å²) in [5.41, 5.74) is 2.33. The Morgan fingerprint density at radius 3 is 2.95 bits per heavy atom. The van der Waals surface area contributed by atoms with Gasteiger partial charge < -0.3 is 14.2 Å². The molecule has 0 spiro atoms. The second kappa shape index (κ2) is 8.71. The van der Waals surface area contributed by atoms with Gasteiger partial charge in [-0.05, 0) is 30.9 Å². The highest BCUT2D eigenvalue weighted by Gasteiger charge is 2.23. The molecule has 0 bridgehead atoms. The highest BCUT2D eigenvalue weighted by molar-refractivity contribution is 5.69. The van der Waals surface area contributed by atoms with Crippen molar-refractivity contribution in [2.24, 2.45) is 0 Å². The van der Waals surface area contributed by atoms with Crippen LogP contribution in [0.15, 0.2) is 30.3 Å². The molecule has 22 heavy (non-hydrogen) atoms. The second-order valence-corrected chi connectivity index (χ2v) is 5.43. The van der Waals surface area contributed by atoms with E-state index in [9.17, 15) is 4.79 Å². The summed E-state index contributed by atoms with van der Waals surface area (Å²) in [6, 6.07) is 8.22. The molecule has 1 aromatic rings. The molecular formula is C18H24O4. The lowest BCUT2D eigenvalue weighted by atomic mass is 10.0. The highest BCUT2D eigenvalue weighted by Crippen LogP contribution is 2.24. The van der Waals surface area contributed by atoms with Crippen molar-refractivity contribution in [2.75, 3.05) is 20.3 Å². The van der Waals surface area contributed by atoms with Crippen molar-refractivity contribution in [3.63, 3.8) is 0 Å². The summed E-state index contributed by atoms with van der Waals surface area (Å²) in [5.74, 6) is -0.155. The van der Waals surface area contributed by atoms with Gasteiger partial charge >= 0.3 is 5.97 Å². The minimum absolute atomic E-state index is 0.0418. The fourth-order valence-electron chi connectivity index (χ4n) is 2.22. The summed E-state index contributed by atoms with van der Waals surface area (Å²) < 4.78 is 15.6. The molecule has 1 aliphatic heterocycles. The number of esters is 1. The zero-order valence-electron chi connectivity index (χ0n) is 13.3. The van der Waals surface area contributed by atoms with E-state index in [1.54, 1.807) is 0 Å². The Bertz CT molecular complexity index is 506. The van der Waals surface area contributed by atoms with E-state index >= 15 is 0 Å². The first-order chi connectivity index (χ1) is 10.7. The van der Waals surface area contributed by atoms with Gasteiger partial charge in [0.2, 0.25) is 0 Å². The molecule has 0 saturated carbocycles. The first-order valence-electron chi connectivity index (χ1n) is 7.76. The number of carbonyl (C=O) groups excluding carboxylic acids is 1. The highest BCUT2D eigenvalue weighted by atomic mass is 16.6. The molecule has 1 fully saturated rings. The van der Waals surface area contributed by atoms with E-state index in [0.717, 1.165) is 25.0 Å². The van der Waals surface area contributed by atoms with Crippen molar-refractivity contribution >= 4 is 12.0 Å². The van der Waals surface area contributed by atoms with Gasteiger partial charge in [-0.25, -0.2) is 0 Å². The molecule has 120 valence electrons. The molecular weight excluding hydrogens is 280 g/mol. The number of unbranched alkanes of at least 4 members (excludes halogenated alkanes) is 1. The molecule has 4 nitrogen and oxygen atoms in total. The summed E-state index contributed by atoms with van der Waals surface area (Å²) in [6.45, 7) is 3.53. The van der Waals surface area contributed by atoms with E-state index in [0.29, 0.717) is 13.0 Å². The smallest absolute Gasteiger partial charge is 0.305 e. The number of ether oxygens (including phenoxy) is 3. The van der Waals surface area contributed by atoms with E-state index in [4.69, 9.17) is 9.47 Å². The summed E-state index contributed by atoms with van der Waals surface area (Å²) in [5, 5.41) is 0. The van der Waals surface area contributed by atoms with Crippen LogP contribution in [0.2, 0.25) is 0 Å². The fourth-order valence-corrected chi connectivity index (χ4v) is 2.22. The zero-order valence-corrected chi connectivity index (χ0v) is 13.3. The number of benzene rings is 1. The van der Waals surface area contributed by atoms with Gasteiger partial charge in [0.25, 0.3) is 0 Å². The molecule has 2 atom stereocenters. The SMILES string of the molecule is COC(=O)CCC/C=C/c1ccccc1[C@@H](C)OC[C@H]1CO1. The van der Waals surface area contributed by atoms with Gasteiger partial charge in [-0.1, -0.05) is 36.4 Å².